The van der Waals surface area contributed by atoms with E-state index in [9.17, 15) is 9.90 Å². The fraction of sp³-hybridized carbons (Fsp3) is 0.560. The SMILES string of the molecule is CO[C@H](C)CN(CCCCc1ccc2c(n1)NCCC2)CCC(Nc1ncnc(C=N)c1N)C(=O)O. The number of hydrogen-bond acceptors (Lipinski definition) is 10. The summed E-state index contributed by atoms with van der Waals surface area (Å²) in [7, 11) is 1.68. The molecule has 0 aromatic carbocycles. The molecule has 0 bridgehead atoms. The monoisotopic (exact) mass is 498 g/mol. The summed E-state index contributed by atoms with van der Waals surface area (Å²) in [4.78, 5) is 26.9. The Kier molecular flexibility index (Phi) is 10.4. The number of nitrogens with one attached hydrogen (secondary N) is 3. The van der Waals surface area contributed by atoms with E-state index < -0.39 is 12.0 Å². The summed E-state index contributed by atoms with van der Waals surface area (Å²) in [5, 5.41) is 23.4. The second-order valence-electron chi connectivity index (χ2n) is 9.13. The fourth-order valence-electron chi connectivity index (χ4n) is 4.26. The number of nitrogen functional groups attached to an aromatic ring is 1. The molecule has 196 valence electrons. The summed E-state index contributed by atoms with van der Waals surface area (Å²) in [5.74, 6) is 0.259. The van der Waals surface area contributed by atoms with E-state index in [1.807, 2.05) is 6.92 Å². The number of fused-ring (bicyclic) bond motifs is 1. The van der Waals surface area contributed by atoms with Crippen LogP contribution in [0.2, 0.25) is 0 Å². The third kappa shape index (κ3) is 7.85. The molecule has 2 aromatic rings. The number of carbonyl (C=O) groups is 1. The number of nitrogens with two attached hydrogens (primary N) is 1. The largest absolute Gasteiger partial charge is 0.480 e. The maximum atomic E-state index is 11.9. The number of carboxylic acids is 1. The average molecular weight is 499 g/mol. The summed E-state index contributed by atoms with van der Waals surface area (Å²) < 4.78 is 5.46. The number of hydrogen-bond donors (Lipinski definition) is 5. The molecule has 2 aromatic heterocycles. The molecule has 1 unspecified atom stereocenters. The van der Waals surface area contributed by atoms with Crippen molar-refractivity contribution in [2.24, 2.45) is 0 Å². The van der Waals surface area contributed by atoms with Crippen LogP contribution in [-0.2, 0) is 22.4 Å². The highest BCUT2D eigenvalue weighted by molar-refractivity contribution is 5.87. The number of anilines is 3. The molecule has 1 aliphatic rings. The summed E-state index contributed by atoms with van der Waals surface area (Å²) in [6.45, 7) is 5.09. The molecular weight excluding hydrogens is 460 g/mol. The van der Waals surface area contributed by atoms with Crippen LogP contribution < -0.4 is 16.4 Å². The van der Waals surface area contributed by atoms with Gasteiger partial charge in [0.1, 0.15) is 29.6 Å². The predicted molar refractivity (Wildman–Crippen MR) is 141 cm³/mol. The lowest BCUT2D eigenvalue weighted by atomic mass is 10.1. The molecule has 6 N–H and O–H groups in total. The number of ether oxygens (including phenoxy) is 1. The molecule has 0 spiro atoms. The third-order valence-corrected chi connectivity index (χ3v) is 6.42. The van der Waals surface area contributed by atoms with Crippen molar-refractivity contribution in [3.8, 4) is 0 Å². The Hall–Kier alpha value is -3.31. The minimum atomic E-state index is -0.990. The van der Waals surface area contributed by atoms with Crippen molar-refractivity contribution >= 4 is 29.5 Å². The zero-order chi connectivity index (χ0) is 25.9. The number of aryl methyl sites for hydroxylation is 2. The second kappa shape index (κ2) is 13.7. The normalized spacial score (nSPS) is 14.5. The maximum absolute atomic E-state index is 11.9. The maximum Gasteiger partial charge on any atom is 0.326 e. The first-order chi connectivity index (χ1) is 17.4. The van der Waals surface area contributed by atoms with Crippen LogP contribution in [0.1, 0.15) is 49.6 Å². The van der Waals surface area contributed by atoms with Crippen molar-refractivity contribution in [2.75, 3.05) is 49.7 Å². The van der Waals surface area contributed by atoms with Gasteiger partial charge in [0, 0.05) is 38.7 Å². The number of rotatable bonds is 15. The molecule has 1 aliphatic heterocycles. The van der Waals surface area contributed by atoms with Crippen LogP contribution in [0.5, 0.6) is 0 Å². The predicted octanol–water partition coefficient (Wildman–Crippen LogP) is 2.42. The van der Waals surface area contributed by atoms with E-state index in [4.69, 9.17) is 20.9 Å². The standard InChI is InChI=1S/C25H38N8O3/c1-17(36-2)15-33(12-4-3-7-19-9-8-18-6-5-11-28-23(18)31-19)13-10-20(25(34)35)32-24-22(27)21(14-26)29-16-30-24/h8-9,14,16-17,20,26H,3-7,10-13,15,27H2,1-2H3,(H,28,31)(H,34,35)(H,29,30,32)/t17-,20?/m1/s1. The van der Waals surface area contributed by atoms with Crippen LogP contribution in [0.4, 0.5) is 17.3 Å². The lowest BCUT2D eigenvalue weighted by Gasteiger charge is -2.27. The van der Waals surface area contributed by atoms with E-state index in [0.717, 1.165) is 62.9 Å². The number of aromatic nitrogens is 3. The molecule has 0 saturated heterocycles. The first-order valence-electron chi connectivity index (χ1n) is 12.5. The van der Waals surface area contributed by atoms with Crippen molar-refractivity contribution in [2.45, 2.75) is 57.6 Å². The van der Waals surface area contributed by atoms with E-state index >= 15 is 0 Å². The van der Waals surface area contributed by atoms with Gasteiger partial charge >= 0.3 is 5.97 Å². The van der Waals surface area contributed by atoms with Crippen LogP contribution in [-0.4, -0.2) is 82.6 Å². The van der Waals surface area contributed by atoms with Crippen molar-refractivity contribution in [3.63, 3.8) is 0 Å². The molecule has 0 radical (unpaired) electrons. The van der Waals surface area contributed by atoms with Gasteiger partial charge in [0.25, 0.3) is 0 Å². The van der Waals surface area contributed by atoms with E-state index in [1.54, 1.807) is 7.11 Å². The average Bonchev–Trinajstić information content (AvgIpc) is 2.89. The van der Waals surface area contributed by atoms with Crippen LogP contribution in [0.25, 0.3) is 0 Å². The van der Waals surface area contributed by atoms with Crippen molar-refractivity contribution in [1.82, 2.24) is 19.9 Å². The van der Waals surface area contributed by atoms with Crippen molar-refractivity contribution < 1.29 is 14.6 Å². The molecule has 3 rings (SSSR count). The number of carboxylic acid groups (broad SMARTS) is 1. The molecule has 2 atom stereocenters. The van der Waals surface area contributed by atoms with Gasteiger partial charge in [-0.15, -0.1) is 0 Å². The summed E-state index contributed by atoms with van der Waals surface area (Å²) >= 11 is 0. The molecule has 0 amide bonds. The van der Waals surface area contributed by atoms with E-state index in [0.29, 0.717) is 19.5 Å². The third-order valence-electron chi connectivity index (χ3n) is 6.42. The number of pyridine rings is 1. The summed E-state index contributed by atoms with van der Waals surface area (Å²) in [5.41, 5.74) is 8.78. The Labute approximate surface area is 212 Å². The van der Waals surface area contributed by atoms with Crippen LogP contribution >= 0.6 is 0 Å². The molecule has 3 heterocycles. The molecule has 0 aliphatic carbocycles. The van der Waals surface area contributed by atoms with Crippen LogP contribution in [0.15, 0.2) is 18.5 Å². The zero-order valence-electron chi connectivity index (χ0n) is 21.2. The Morgan fingerprint density at radius 3 is 2.94 bits per heavy atom. The van der Waals surface area contributed by atoms with Crippen molar-refractivity contribution in [1.29, 1.82) is 5.41 Å². The molecule has 0 fully saturated rings. The van der Waals surface area contributed by atoms with Gasteiger partial charge in [0.2, 0.25) is 0 Å². The first kappa shape index (κ1) is 27.3. The highest BCUT2D eigenvalue weighted by atomic mass is 16.5. The fourth-order valence-corrected chi connectivity index (χ4v) is 4.26. The Balaban J connectivity index is 1.54. The lowest BCUT2D eigenvalue weighted by molar-refractivity contribution is -0.138. The van der Waals surface area contributed by atoms with Gasteiger partial charge in [0.05, 0.1) is 6.10 Å². The molecule has 11 heteroatoms. The van der Waals surface area contributed by atoms with Gasteiger partial charge in [0.15, 0.2) is 5.82 Å². The van der Waals surface area contributed by atoms with Crippen LogP contribution in [0, 0.1) is 5.41 Å². The number of nitrogens with zero attached hydrogens (tertiary/aromatic N) is 4. The van der Waals surface area contributed by atoms with Gasteiger partial charge in [-0.2, -0.15) is 0 Å². The molecule has 0 saturated carbocycles. The second-order valence-corrected chi connectivity index (χ2v) is 9.13. The van der Waals surface area contributed by atoms with E-state index in [1.165, 1.54) is 11.9 Å². The topological polar surface area (TPSA) is 162 Å². The van der Waals surface area contributed by atoms with Crippen molar-refractivity contribution in [3.05, 3.63) is 35.4 Å². The van der Waals surface area contributed by atoms with Gasteiger partial charge < -0.3 is 36.5 Å². The Morgan fingerprint density at radius 2 is 2.19 bits per heavy atom. The summed E-state index contributed by atoms with van der Waals surface area (Å²) in [6, 6.07) is 3.43. The van der Waals surface area contributed by atoms with Crippen LogP contribution in [0.3, 0.4) is 0 Å². The van der Waals surface area contributed by atoms with E-state index in [-0.39, 0.29) is 23.3 Å². The quantitative estimate of drug-likeness (QED) is 0.182. The first-order valence-corrected chi connectivity index (χ1v) is 12.5. The highest BCUT2D eigenvalue weighted by Crippen LogP contribution is 2.21. The lowest BCUT2D eigenvalue weighted by Crippen LogP contribution is -2.38. The van der Waals surface area contributed by atoms with Gasteiger partial charge in [-0.1, -0.05) is 6.07 Å². The number of unbranched alkanes of at least 4 members (excludes halogenated alkanes) is 1. The van der Waals surface area contributed by atoms with E-state index in [2.05, 4.69) is 37.6 Å². The Morgan fingerprint density at radius 1 is 1.36 bits per heavy atom. The minimum absolute atomic E-state index is 0.0299. The molecular formula is C25H38N8O3. The van der Waals surface area contributed by atoms with Gasteiger partial charge in [-0.3, -0.25) is 0 Å². The minimum Gasteiger partial charge on any atom is -0.480 e. The number of aliphatic carboxylic acids is 1. The summed E-state index contributed by atoms with van der Waals surface area (Å²) in [6.07, 6.45) is 7.77. The van der Waals surface area contributed by atoms with Gasteiger partial charge in [-0.05, 0) is 63.6 Å². The highest BCUT2D eigenvalue weighted by Gasteiger charge is 2.21. The van der Waals surface area contributed by atoms with Gasteiger partial charge in [-0.25, -0.2) is 19.7 Å². The zero-order valence-corrected chi connectivity index (χ0v) is 21.2. The molecule has 36 heavy (non-hydrogen) atoms. The smallest absolute Gasteiger partial charge is 0.326 e. The number of methoxy groups -OCH3 is 1. The Bertz CT molecular complexity index is 1020. The molecule has 11 nitrogen and oxygen atoms in total.